The summed E-state index contributed by atoms with van der Waals surface area (Å²) in [6, 6.07) is 21.0. The SMILES string of the molecule is OC(CSc1ccc(Cl)cc1)CN1CCN(CCCC(c2ccc(F)cc2)c2ccc(F)cc2)CC1. The summed E-state index contributed by atoms with van der Waals surface area (Å²) in [6.45, 7) is 5.53. The number of hydrogen-bond donors (Lipinski definition) is 1. The van der Waals surface area contributed by atoms with Crippen LogP contribution in [0.5, 0.6) is 0 Å². The molecule has 0 spiro atoms. The number of nitrogens with zero attached hydrogens (tertiary/aromatic N) is 2. The summed E-state index contributed by atoms with van der Waals surface area (Å²) in [5.74, 6) is 0.280. The van der Waals surface area contributed by atoms with Crippen LogP contribution < -0.4 is 0 Å². The quantitative estimate of drug-likeness (QED) is 0.294. The predicted octanol–water partition coefficient (Wildman–Crippen LogP) is 6.30. The van der Waals surface area contributed by atoms with Crippen LogP contribution in [0.4, 0.5) is 8.78 Å². The zero-order valence-corrected chi connectivity index (χ0v) is 21.9. The van der Waals surface area contributed by atoms with Gasteiger partial charge in [-0.2, -0.15) is 0 Å². The van der Waals surface area contributed by atoms with Crippen LogP contribution in [-0.2, 0) is 0 Å². The predicted molar refractivity (Wildman–Crippen MR) is 145 cm³/mol. The van der Waals surface area contributed by atoms with Crippen molar-refractivity contribution in [1.82, 2.24) is 9.80 Å². The van der Waals surface area contributed by atoms with Crippen molar-refractivity contribution in [3.63, 3.8) is 0 Å². The highest BCUT2D eigenvalue weighted by Crippen LogP contribution is 2.30. The van der Waals surface area contributed by atoms with Gasteiger partial charge in [0.2, 0.25) is 0 Å². The lowest BCUT2D eigenvalue weighted by molar-refractivity contribution is 0.0819. The molecule has 0 saturated carbocycles. The molecule has 1 heterocycles. The van der Waals surface area contributed by atoms with Crippen molar-refractivity contribution in [1.29, 1.82) is 0 Å². The van der Waals surface area contributed by atoms with E-state index in [9.17, 15) is 13.9 Å². The van der Waals surface area contributed by atoms with Gasteiger partial charge in [0, 0.05) is 54.3 Å². The number of β-amino-alcohol motifs (C(OH)–C–C–N with tert-alkyl or cyclic N) is 1. The lowest BCUT2D eigenvalue weighted by atomic mass is 9.87. The largest absolute Gasteiger partial charge is 0.391 e. The third-order valence-corrected chi connectivity index (χ3v) is 8.11. The van der Waals surface area contributed by atoms with E-state index in [-0.39, 0.29) is 23.7 Å². The fourth-order valence-corrected chi connectivity index (χ4v) is 5.65. The van der Waals surface area contributed by atoms with Crippen LogP contribution in [-0.4, -0.2) is 66.0 Å². The van der Waals surface area contributed by atoms with E-state index in [1.165, 1.54) is 24.3 Å². The maximum Gasteiger partial charge on any atom is 0.123 e. The van der Waals surface area contributed by atoms with Crippen molar-refractivity contribution in [2.45, 2.75) is 29.8 Å². The standard InChI is InChI=1S/C29H33ClF2N2OS/c30-24-7-13-28(14-8-24)36-21-27(35)20-34-18-16-33(17-19-34)15-1-2-29(22-3-9-25(31)10-4-22)23-5-11-26(32)12-6-23/h3-14,27,29,35H,1-2,15-21H2. The minimum atomic E-state index is -0.371. The van der Waals surface area contributed by atoms with Gasteiger partial charge in [0.25, 0.3) is 0 Å². The summed E-state index contributed by atoms with van der Waals surface area (Å²) >= 11 is 7.58. The van der Waals surface area contributed by atoms with Gasteiger partial charge in [-0.25, -0.2) is 8.78 Å². The minimum Gasteiger partial charge on any atom is -0.391 e. The number of thioether (sulfide) groups is 1. The molecular formula is C29H33ClF2N2OS. The first kappa shape index (κ1) is 27.1. The van der Waals surface area contributed by atoms with Gasteiger partial charge in [0.15, 0.2) is 0 Å². The molecule has 0 amide bonds. The fourth-order valence-electron chi connectivity index (χ4n) is 4.70. The number of benzene rings is 3. The second kappa shape index (κ2) is 13.5. The van der Waals surface area contributed by atoms with Crippen molar-refractivity contribution >= 4 is 23.4 Å². The monoisotopic (exact) mass is 530 g/mol. The highest BCUT2D eigenvalue weighted by atomic mass is 35.5. The Labute approximate surface area is 222 Å². The summed E-state index contributed by atoms with van der Waals surface area (Å²) < 4.78 is 26.9. The van der Waals surface area contributed by atoms with Crippen molar-refractivity contribution < 1.29 is 13.9 Å². The summed E-state index contributed by atoms with van der Waals surface area (Å²) in [7, 11) is 0. The highest BCUT2D eigenvalue weighted by molar-refractivity contribution is 7.99. The van der Waals surface area contributed by atoms with Crippen LogP contribution >= 0.6 is 23.4 Å². The summed E-state index contributed by atoms with van der Waals surface area (Å²) in [6.07, 6.45) is 1.54. The first-order chi connectivity index (χ1) is 17.5. The molecule has 1 aliphatic rings. The summed E-state index contributed by atoms with van der Waals surface area (Å²) in [5.41, 5.74) is 2.11. The maximum absolute atomic E-state index is 13.5. The van der Waals surface area contributed by atoms with E-state index < -0.39 is 0 Å². The number of hydrogen-bond acceptors (Lipinski definition) is 4. The number of aliphatic hydroxyl groups excluding tert-OH is 1. The average molecular weight is 531 g/mol. The van der Waals surface area contributed by atoms with E-state index in [1.807, 2.05) is 48.5 Å². The highest BCUT2D eigenvalue weighted by Gasteiger charge is 2.20. The van der Waals surface area contributed by atoms with E-state index in [2.05, 4.69) is 9.80 Å². The number of piperazine rings is 1. The van der Waals surface area contributed by atoms with Gasteiger partial charge in [0.1, 0.15) is 11.6 Å². The second-order valence-corrected chi connectivity index (χ2v) is 10.9. The summed E-state index contributed by atoms with van der Waals surface area (Å²) in [5, 5.41) is 11.2. The van der Waals surface area contributed by atoms with Crippen LogP contribution in [0.25, 0.3) is 0 Å². The second-order valence-electron chi connectivity index (χ2n) is 9.36. The van der Waals surface area contributed by atoms with Crippen LogP contribution in [0, 0.1) is 11.6 Å². The fraction of sp³-hybridized carbons (Fsp3) is 0.379. The molecule has 1 atom stereocenters. The molecule has 3 aromatic carbocycles. The molecule has 0 bridgehead atoms. The first-order valence-electron chi connectivity index (χ1n) is 12.5. The molecule has 36 heavy (non-hydrogen) atoms. The molecule has 3 nitrogen and oxygen atoms in total. The molecule has 7 heteroatoms. The molecule has 0 aromatic heterocycles. The molecule has 0 radical (unpaired) electrons. The van der Waals surface area contributed by atoms with Crippen molar-refractivity contribution in [3.05, 3.63) is 101 Å². The number of halogens is 3. The van der Waals surface area contributed by atoms with Crippen LogP contribution in [0.15, 0.2) is 77.7 Å². The molecule has 1 aliphatic heterocycles. The zero-order valence-electron chi connectivity index (χ0n) is 20.3. The van der Waals surface area contributed by atoms with Crippen molar-refractivity contribution in [2.24, 2.45) is 0 Å². The van der Waals surface area contributed by atoms with Gasteiger partial charge in [-0.05, 0) is 79.0 Å². The number of rotatable bonds is 11. The molecule has 1 saturated heterocycles. The molecule has 1 N–H and O–H groups in total. The van der Waals surface area contributed by atoms with Gasteiger partial charge in [-0.1, -0.05) is 35.9 Å². The van der Waals surface area contributed by atoms with E-state index in [1.54, 1.807) is 11.8 Å². The maximum atomic E-state index is 13.5. The molecule has 192 valence electrons. The molecular weight excluding hydrogens is 498 g/mol. The lowest BCUT2D eigenvalue weighted by Crippen LogP contribution is -2.49. The Kier molecular flexibility index (Phi) is 10.2. The number of aliphatic hydroxyl groups is 1. The Morgan fingerprint density at radius 1 is 0.778 bits per heavy atom. The van der Waals surface area contributed by atoms with Gasteiger partial charge in [-0.15, -0.1) is 11.8 Å². The molecule has 1 unspecified atom stereocenters. The van der Waals surface area contributed by atoms with Gasteiger partial charge >= 0.3 is 0 Å². The molecule has 1 fully saturated rings. The minimum absolute atomic E-state index is 0.112. The summed E-state index contributed by atoms with van der Waals surface area (Å²) in [4.78, 5) is 5.92. The normalized spacial score (nSPS) is 15.9. The Morgan fingerprint density at radius 2 is 1.31 bits per heavy atom. The van der Waals surface area contributed by atoms with Gasteiger partial charge in [-0.3, -0.25) is 4.90 Å². The molecule has 3 aromatic rings. The van der Waals surface area contributed by atoms with E-state index in [4.69, 9.17) is 11.6 Å². The third kappa shape index (κ3) is 8.29. The first-order valence-corrected chi connectivity index (χ1v) is 13.8. The third-order valence-electron chi connectivity index (χ3n) is 6.70. The van der Waals surface area contributed by atoms with Crippen molar-refractivity contribution in [2.75, 3.05) is 45.0 Å². The Balaban J connectivity index is 1.20. The van der Waals surface area contributed by atoms with E-state index >= 15 is 0 Å². The smallest absolute Gasteiger partial charge is 0.123 e. The Hall–Kier alpha value is -1.96. The Morgan fingerprint density at radius 3 is 1.86 bits per heavy atom. The molecule has 4 rings (SSSR count). The van der Waals surface area contributed by atoms with Gasteiger partial charge in [0.05, 0.1) is 6.10 Å². The average Bonchev–Trinajstić information content (AvgIpc) is 2.89. The van der Waals surface area contributed by atoms with E-state index in [0.717, 1.165) is 66.6 Å². The lowest BCUT2D eigenvalue weighted by Gasteiger charge is -2.35. The van der Waals surface area contributed by atoms with Gasteiger partial charge < -0.3 is 10.0 Å². The zero-order chi connectivity index (χ0) is 25.3. The Bertz CT molecular complexity index is 1010. The topological polar surface area (TPSA) is 26.7 Å². The molecule has 0 aliphatic carbocycles. The van der Waals surface area contributed by atoms with Crippen LogP contribution in [0.2, 0.25) is 5.02 Å². The van der Waals surface area contributed by atoms with Crippen molar-refractivity contribution in [3.8, 4) is 0 Å². The van der Waals surface area contributed by atoms with Crippen LogP contribution in [0.3, 0.4) is 0 Å². The van der Waals surface area contributed by atoms with E-state index in [0.29, 0.717) is 12.3 Å². The van der Waals surface area contributed by atoms with Crippen LogP contribution in [0.1, 0.15) is 29.9 Å².